The van der Waals surface area contributed by atoms with Gasteiger partial charge in [-0.3, -0.25) is 24.0 Å². The first kappa shape index (κ1) is 92.6. The van der Waals surface area contributed by atoms with Gasteiger partial charge in [0, 0.05) is 45.8 Å². The van der Waals surface area contributed by atoms with Crippen molar-refractivity contribution in [1.82, 2.24) is 35.6 Å². The molecule has 32 heteroatoms. The fourth-order valence-corrected chi connectivity index (χ4v) is 8.04. The number of ketones is 1. The molecule has 0 aromatic heterocycles. The Morgan fingerprint density at radius 1 is 0.570 bits per heavy atom. The number of aliphatic hydroxyl groups is 5. The minimum atomic E-state index is -1.21. The second-order valence-corrected chi connectivity index (χ2v) is 21.6. The Hall–Kier alpha value is -4.56. The fourth-order valence-electron chi connectivity index (χ4n) is 8.04. The predicted molar refractivity (Wildman–Crippen MR) is 321 cm³/mol. The average molecular weight is 1270 g/mol. The molecule has 86 heavy (non-hydrogen) atoms. The number of carbonyl (C=O) groups excluding carboxylic acids is 10. The third-order valence-corrected chi connectivity index (χ3v) is 11.6. The topological polar surface area (TPSA) is 402 Å². The van der Waals surface area contributed by atoms with Crippen molar-refractivity contribution in [3.63, 3.8) is 0 Å². The van der Waals surface area contributed by atoms with E-state index in [1.165, 1.54) is 27.5 Å². The summed E-state index contributed by atoms with van der Waals surface area (Å²) in [5.74, 6) is -3.31. The van der Waals surface area contributed by atoms with Gasteiger partial charge in [0.05, 0.1) is 63.4 Å². The molecule has 5 heterocycles. The molecule has 10 N–H and O–H groups in total. The minimum Gasteiger partial charge on any atom is -1.00 e. The number of rotatable bonds is 13. The predicted octanol–water partition coefficient (Wildman–Crippen LogP) is -3.30. The van der Waals surface area contributed by atoms with Crippen molar-refractivity contribution >= 4 is 89.4 Å². The van der Waals surface area contributed by atoms with Gasteiger partial charge >= 0.3 is 49.1 Å². The molecule has 1 unspecified atom stereocenters. The van der Waals surface area contributed by atoms with Gasteiger partial charge in [0.25, 0.3) is 0 Å². The monoisotopic (exact) mass is 1270 g/mol. The summed E-state index contributed by atoms with van der Waals surface area (Å²) in [6, 6.07) is -3.28. The number of aliphatic hydroxyl groups excluding tert-OH is 5. The number of nitrogens with one attached hydrogen (secondary N) is 3. The molecule has 0 saturated carbocycles. The Labute approximate surface area is 538 Å². The molecule has 0 bridgehead atoms. The number of amides is 7. The van der Waals surface area contributed by atoms with Gasteiger partial charge in [-0.25, -0.2) is 24.0 Å². The molecule has 0 spiro atoms. The standard InChI is InChI=1S/C14H24N2O6.C14H22N2O6.C12H22N2O5.C7H14N2O3.C4H8O.3CH4.Al.ClH.Li.4H/c2*1-5-21-12(19)11-9(17)6-7-16(11)10(18)8-15-13(20)22-14(2,3)4;1-12(2,3)19-11(18)13-6-10(17)14-5-4-9(16)8(14)7-15;8-3-7(12)9-2-1-6(11)5(9)4-10;1-2-4-5-3-1;;;;;;;;;;/h9,11,17H,5-8H2,1-4H3,(H,15,20);11H,5-8H2,1-4H3,(H,15,20);8-9,15-16H,4-7H2,1-3H3,(H,13,18);5-6,10-11H,1-4,8H2;1-4H2;3*1H4;;1H;;;;;/q;;;;;;;;;;+1;;;;-1/t9-,11+;;8-,9-;5-,6-;;;;;;;;;;;/m0.00.........../s1. The fraction of sp³-hybridized carbons (Fsp3) is 0.815. The summed E-state index contributed by atoms with van der Waals surface area (Å²) in [5, 5.41) is 53.7. The molecule has 0 aliphatic carbocycles. The van der Waals surface area contributed by atoms with Crippen LogP contribution >= 0.6 is 12.4 Å². The zero-order chi connectivity index (χ0) is 61.1. The van der Waals surface area contributed by atoms with Crippen molar-refractivity contribution < 1.29 is 122 Å². The van der Waals surface area contributed by atoms with Gasteiger partial charge in [0.2, 0.25) is 23.6 Å². The van der Waals surface area contributed by atoms with E-state index in [1.54, 1.807) is 76.2 Å². The molecular formula is C54H107AlClLiN8O21. The minimum absolute atomic E-state index is 0. The van der Waals surface area contributed by atoms with Crippen molar-refractivity contribution in [2.75, 3.05) is 92.0 Å². The van der Waals surface area contributed by atoms with Gasteiger partial charge in [0.15, 0.2) is 35.2 Å². The van der Waals surface area contributed by atoms with E-state index >= 15 is 0 Å². The Morgan fingerprint density at radius 3 is 1.24 bits per heavy atom. The Kier molecular flexibility index (Phi) is 49.2. The van der Waals surface area contributed by atoms with Gasteiger partial charge in [-0.15, -0.1) is 12.4 Å². The van der Waals surface area contributed by atoms with Crippen molar-refractivity contribution in [2.24, 2.45) is 5.73 Å². The van der Waals surface area contributed by atoms with Crippen LogP contribution in [0, 0.1) is 0 Å². The van der Waals surface area contributed by atoms with Gasteiger partial charge < -0.3 is 96.7 Å². The zero-order valence-corrected chi connectivity index (χ0v) is 50.5. The SMILES string of the molecule is C.C.C.C1CCOC1.CC(C)(C)OC(=O)NCC(=O)N1CC[C@H](O)[C@@H]1CO.CCOC(=O)C1C(=O)CCN1C(=O)CNC(=O)OC(C)(C)C.CCOC(=O)[C@H]1[C@@H](O)CCN1C(=O)CNC(=O)OC(C)(C)C.Cl.NCC(=O)N1CC[C@H](O)[C@@H]1CO.[AlH3].[H-].[Li+]. The average Bonchev–Trinajstić information content (AvgIpc) is 4.28. The summed E-state index contributed by atoms with van der Waals surface area (Å²) >= 11 is 0. The first-order chi connectivity index (χ1) is 37.2. The summed E-state index contributed by atoms with van der Waals surface area (Å²) in [4.78, 5) is 122. The summed E-state index contributed by atoms with van der Waals surface area (Å²) in [6.45, 7) is 20.8. The van der Waals surface area contributed by atoms with Crippen LogP contribution in [0.25, 0.3) is 0 Å². The number of ether oxygens (including phenoxy) is 6. The smallest absolute Gasteiger partial charge is 1.00 e. The Balaban J connectivity index is -0.000000188. The molecule has 5 saturated heterocycles. The number of halogens is 1. The van der Waals surface area contributed by atoms with Crippen LogP contribution in [0.5, 0.6) is 0 Å². The zero-order valence-electron chi connectivity index (χ0n) is 50.7. The first-order valence-electron chi connectivity index (χ1n) is 26.7. The maximum atomic E-state index is 12.1. The van der Waals surface area contributed by atoms with Crippen LogP contribution in [0.2, 0.25) is 0 Å². The van der Waals surface area contributed by atoms with Crippen molar-refractivity contribution in [3.05, 3.63) is 0 Å². The number of nitrogens with two attached hydrogens (primary N) is 1. The second-order valence-electron chi connectivity index (χ2n) is 21.6. The van der Waals surface area contributed by atoms with Gasteiger partial charge in [-0.2, -0.15) is 0 Å². The van der Waals surface area contributed by atoms with Crippen LogP contribution in [0.15, 0.2) is 0 Å². The number of esters is 2. The van der Waals surface area contributed by atoms with Gasteiger partial charge in [-0.05, 0) is 108 Å². The molecule has 29 nitrogen and oxygen atoms in total. The molecule has 7 amide bonds. The first-order valence-corrected chi connectivity index (χ1v) is 26.7. The molecule has 0 radical (unpaired) electrons. The number of hydrogen-bond donors (Lipinski definition) is 9. The second kappa shape index (κ2) is 45.7. The molecule has 7 atom stereocenters. The van der Waals surface area contributed by atoms with E-state index in [0.717, 1.165) is 18.1 Å². The van der Waals surface area contributed by atoms with Crippen LogP contribution in [-0.2, 0) is 62.0 Å². The summed E-state index contributed by atoms with van der Waals surface area (Å²) < 4.78 is 29.6. The van der Waals surface area contributed by atoms with E-state index in [4.69, 9.17) is 44.4 Å². The Bertz CT molecular complexity index is 2050. The quantitative estimate of drug-likeness (QED) is 0.0378. The van der Waals surface area contributed by atoms with E-state index < -0.39 is 101 Å². The van der Waals surface area contributed by atoms with E-state index in [9.17, 15) is 63.3 Å². The molecule has 5 aliphatic heterocycles. The molecule has 5 rings (SSSR count). The molecular weight excluding hydrogens is 1170 g/mol. The van der Waals surface area contributed by atoms with Crippen LogP contribution < -0.4 is 40.5 Å². The number of carbonyl (C=O) groups is 10. The summed E-state index contributed by atoms with van der Waals surface area (Å²) in [7, 11) is 0. The van der Waals surface area contributed by atoms with E-state index in [1.807, 2.05) is 0 Å². The third-order valence-electron chi connectivity index (χ3n) is 11.6. The summed E-state index contributed by atoms with van der Waals surface area (Å²) in [5.41, 5.74) is 3.20. The van der Waals surface area contributed by atoms with E-state index in [-0.39, 0.29) is 162 Å². The largest absolute Gasteiger partial charge is 1.00 e. The molecule has 5 fully saturated rings. The van der Waals surface area contributed by atoms with Crippen LogP contribution in [0.3, 0.4) is 0 Å². The van der Waals surface area contributed by atoms with Gasteiger partial charge in [0.1, 0.15) is 36.4 Å². The summed E-state index contributed by atoms with van der Waals surface area (Å²) in [6.07, 6.45) is -0.483. The molecule has 500 valence electrons. The van der Waals surface area contributed by atoms with Crippen LogP contribution in [0.1, 0.15) is 138 Å². The van der Waals surface area contributed by atoms with E-state index in [2.05, 4.69) is 16.0 Å². The number of nitrogens with zero attached hydrogens (tertiary/aromatic N) is 4. The molecule has 0 aromatic carbocycles. The van der Waals surface area contributed by atoms with Crippen molar-refractivity contribution in [3.8, 4) is 0 Å². The van der Waals surface area contributed by atoms with Crippen LogP contribution in [-0.4, -0.2) is 273 Å². The molecule has 5 aliphatic rings. The normalized spacial score (nSPS) is 20.8. The number of hydrogen-bond acceptors (Lipinski definition) is 22. The maximum Gasteiger partial charge on any atom is 1.00 e. The van der Waals surface area contributed by atoms with Gasteiger partial charge in [-0.1, -0.05) is 22.3 Å². The maximum absolute atomic E-state index is 12.1. The van der Waals surface area contributed by atoms with Crippen molar-refractivity contribution in [2.45, 2.75) is 196 Å². The van der Waals surface area contributed by atoms with Crippen molar-refractivity contribution in [1.29, 1.82) is 0 Å². The number of alkyl carbamates (subject to hydrolysis) is 3. The third kappa shape index (κ3) is 34.8. The molecule has 0 aromatic rings. The van der Waals surface area contributed by atoms with E-state index in [0.29, 0.717) is 32.4 Å². The Morgan fingerprint density at radius 2 is 0.907 bits per heavy atom. The number of likely N-dealkylation sites (tertiary alicyclic amines) is 4. The number of Topliss-reactive ketones (excluding diaryl/α,β-unsaturated/α-hetero) is 1. The van der Waals surface area contributed by atoms with Crippen LogP contribution in [0.4, 0.5) is 14.4 Å².